The third kappa shape index (κ3) is 5.80. The lowest BCUT2D eigenvalue weighted by atomic mass is 10.1. The van der Waals surface area contributed by atoms with Crippen molar-refractivity contribution < 1.29 is 14.0 Å². The highest BCUT2D eigenvalue weighted by atomic mass is 32.2. The first kappa shape index (κ1) is 23.0. The third-order valence-electron chi connectivity index (χ3n) is 4.92. The van der Waals surface area contributed by atoms with E-state index in [0.717, 1.165) is 38.0 Å². The molecule has 4 aromatic rings. The Labute approximate surface area is 200 Å². The average Bonchev–Trinajstić information content (AvgIpc) is 3.40. The number of benzene rings is 2. The molecule has 0 aliphatic heterocycles. The summed E-state index contributed by atoms with van der Waals surface area (Å²) in [4.78, 5) is 24.7. The number of rotatable bonds is 9. The number of nitrogens with zero attached hydrogens (tertiary/aromatic N) is 2. The van der Waals surface area contributed by atoms with Crippen molar-refractivity contribution in [2.45, 2.75) is 43.3 Å². The van der Waals surface area contributed by atoms with E-state index >= 15 is 0 Å². The monoisotopic (exact) mass is 480 g/mol. The van der Waals surface area contributed by atoms with Gasteiger partial charge >= 0.3 is 0 Å². The number of furan rings is 1. The number of hydrogen-bond donors (Lipinski definition) is 2. The maximum absolute atomic E-state index is 13.0. The maximum Gasteiger partial charge on any atom is 0.287 e. The molecule has 4 rings (SSSR count). The quantitative estimate of drug-likeness (QED) is 0.305. The van der Waals surface area contributed by atoms with Gasteiger partial charge in [0.25, 0.3) is 5.91 Å². The largest absolute Gasteiger partial charge is 0.451 e. The Kier molecular flexibility index (Phi) is 7.41. The first-order valence-corrected chi connectivity index (χ1v) is 12.4. The Morgan fingerprint density at radius 1 is 1.09 bits per heavy atom. The fraction of sp³-hybridized carbons (Fsp3) is 0.250. The van der Waals surface area contributed by atoms with E-state index in [1.165, 1.54) is 11.3 Å². The molecule has 0 aliphatic rings. The van der Waals surface area contributed by atoms with E-state index in [0.29, 0.717) is 30.1 Å². The molecular formula is C24H24N4O3S2. The molecule has 0 unspecified atom stereocenters. The second-order valence-corrected chi connectivity index (χ2v) is 9.86. The minimum Gasteiger partial charge on any atom is -0.451 e. The molecule has 2 amide bonds. The molecule has 0 fully saturated rings. The van der Waals surface area contributed by atoms with Crippen molar-refractivity contribution in [1.29, 1.82) is 0 Å². The Morgan fingerprint density at radius 2 is 1.88 bits per heavy atom. The molecule has 0 bridgehead atoms. The van der Waals surface area contributed by atoms with Crippen LogP contribution < -0.4 is 10.6 Å². The van der Waals surface area contributed by atoms with Crippen molar-refractivity contribution in [1.82, 2.24) is 15.5 Å². The van der Waals surface area contributed by atoms with Crippen molar-refractivity contribution >= 4 is 51.6 Å². The molecule has 2 aromatic heterocycles. The molecule has 0 aliphatic carbocycles. The van der Waals surface area contributed by atoms with Crippen LogP contribution in [-0.4, -0.2) is 22.0 Å². The second-order valence-electron chi connectivity index (χ2n) is 7.46. The Hall–Kier alpha value is -3.17. The van der Waals surface area contributed by atoms with Crippen LogP contribution in [-0.2, 0) is 17.1 Å². The van der Waals surface area contributed by atoms with Gasteiger partial charge in [0.1, 0.15) is 10.6 Å². The van der Waals surface area contributed by atoms with Gasteiger partial charge in [-0.1, -0.05) is 60.4 Å². The zero-order valence-corrected chi connectivity index (χ0v) is 20.0. The number of amides is 2. The number of anilines is 1. The molecule has 0 saturated carbocycles. The van der Waals surface area contributed by atoms with Crippen LogP contribution in [0.1, 0.15) is 46.5 Å². The molecule has 170 valence electrons. The van der Waals surface area contributed by atoms with Gasteiger partial charge in [0.15, 0.2) is 10.1 Å². The van der Waals surface area contributed by atoms with Gasteiger partial charge in [-0.05, 0) is 37.1 Å². The minimum absolute atomic E-state index is 0.00229. The summed E-state index contributed by atoms with van der Waals surface area (Å²) in [7, 11) is 0. The van der Waals surface area contributed by atoms with Crippen molar-refractivity contribution in [2.75, 3.05) is 5.32 Å². The van der Waals surface area contributed by atoms with Crippen LogP contribution in [0.25, 0.3) is 11.0 Å². The molecule has 9 heteroatoms. The van der Waals surface area contributed by atoms with E-state index < -0.39 is 0 Å². The Bertz CT molecular complexity index is 1260. The molecule has 2 N–H and O–H groups in total. The zero-order chi connectivity index (χ0) is 23.2. The predicted molar refractivity (Wildman–Crippen MR) is 132 cm³/mol. The van der Waals surface area contributed by atoms with Crippen LogP contribution in [0, 0.1) is 6.92 Å². The molecule has 2 aromatic carbocycles. The lowest BCUT2D eigenvalue weighted by molar-refractivity contribution is -0.116. The lowest BCUT2D eigenvalue weighted by Gasteiger charge is -2.08. The van der Waals surface area contributed by atoms with Crippen LogP contribution >= 0.6 is 23.1 Å². The van der Waals surface area contributed by atoms with Crippen molar-refractivity contribution in [3.05, 3.63) is 70.4 Å². The van der Waals surface area contributed by atoms with Crippen LogP contribution in [0.4, 0.5) is 5.69 Å². The smallest absolute Gasteiger partial charge is 0.287 e. The Morgan fingerprint density at radius 3 is 2.61 bits per heavy atom. The van der Waals surface area contributed by atoms with Gasteiger partial charge in [-0.15, -0.1) is 10.2 Å². The molecular weight excluding hydrogens is 456 g/mol. The van der Waals surface area contributed by atoms with E-state index in [2.05, 4.69) is 20.8 Å². The van der Waals surface area contributed by atoms with E-state index in [1.807, 2.05) is 62.4 Å². The number of carbonyl (C=O) groups is 2. The zero-order valence-electron chi connectivity index (χ0n) is 18.4. The number of thioether (sulfide) groups is 1. The van der Waals surface area contributed by atoms with Gasteiger partial charge < -0.3 is 15.1 Å². The van der Waals surface area contributed by atoms with Gasteiger partial charge in [-0.3, -0.25) is 9.59 Å². The van der Waals surface area contributed by atoms with Gasteiger partial charge in [-0.25, -0.2) is 0 Å². The molecule has 0 spiro atoms. The standard InChI is InChI=1S/C24H24N4O3S2/c1-3-6-21(29)26-17-11-9-16(10-12-17)13-25-23(30)22-19(14-32-24-28-27-15(2)33-24)18-7-4-5-8-20(18)31-22/h4-5,7-12H,3,6,13-14H2,1-2H3,(H,25,30)(H,26,29). The number of carbonyl (C=O) groups excluding carboxylic acids is 2. The predicted octanol–water partition coefficient (Wildman–Crippen LogP) is 5.55. The first-order valence-electron chi connectivity index (χ1n) is 10.6. The summed E-state index contributed by atoms with van der Waals surface area (Å²) in [5.41, 5.74) is 3.19. The fourth-order valence-electron chi connectivity index (χ4n) is 3.32. The number of aryl methyl sites for hydroxylation is 1. The summed E-state index contributed by atoms with van der Waals surface area (Å²) < 4.78 is 6.78. The number of aromatic nitrogens is 2. The van der Waals surface area contributed by atoms with Gasteiger partial charge in [-0.2, -0.15) is 0 Å². The Balaban J connectivity index is 1.44. The number of fused-ring (bicyclic) bond motifs is 1. The van der Waals surface area contributed by atoms with E-state index in [9.17, 15) is 9.59 Å². The second kappa shape index (κ2) is 10.6. The average molecular weight is 481 g/mol. The molecule has 2 heterocycles. The summed E-state index contributed by atoms with van der Waals surface area (Å²) in [5.74, 6) is 0.599. The highest BCUT2D eigenvalue weighted by Crippen LogP contribution is 2.33. The van der Waals surface area contributed by atoms with E-state index in [1.54, 1.807) is 11.8 Å². The topological polar surface area (TPSA) is 97.1 Å². The van der Waals surface area contributed by atoms with Crippen molar-refractivity contribution in [3.8, 4) is 0 Å². The molecule has 0 atom stereocenters. The highest BCUT2D eigenvalue weighted by Gasteiger charge is 2.21. The van der Waals surface area contributed by atoms with Crippen LogP contribution in [0.15, 0.2) is 57.3 Å². The highest BCUT2D eigenvalue weighted by molar-refractivity contribution is 8.00. The van der Waals surface area contributed by atoms with E-state index in [4.69, 9.17) is 4.42 Å². The summed E-state index contributed by atoms with van der Waals surface area (Å²) in [5, 5.41) is 15.8. The number of nitrogens with one attached hydrogen (secondary N) is 2. The summed E-state index contributed by atoms with van der Waals surface area (Å²) in [6.07, 6.45) is 1.30. The van der Waals surface area contributed by atoms with Crippen LogP contribution in [0.3, 0.4) is 0 Å². The summed E-state index contributed by atoms with van der Waals surface area (Å²) in [6, 6.07) is 15.1. The lowest BCUT2D eigenvalue weighted by Crippen LogP contribution is -2.23. The number of para-hydroxylation sites is 1. The maximum atomic E-state index is 13.0. The third-order valence-corrected chi connectivity index (χ3v) is 6.92. The van der Waals surface area contributed by atoms with Gasteiger partial charge in [0, 0.05) is 35.4 Å². The summed E-state index contributed by atoms with van der Waals surface area (Å²) in [6.45, 7) is 4.23. The summed E-state index contributed by atoms with van der Waals surface area (Å²) >= 11 is 3.07. The van der Waals surface area contributed by atoms with Gasteiger partial charge in [0.2, 0.25) is 5.91 Å². The van der Waals surface area contributed by atoms with Crippen molar-refractivity contribution in [3.63, 3.8) is 0 Å². The first-order chi connectivity index (χ1) is 16.0. The SMILES string of the molecule is CCCC(=O)Nc1ccc(CNC(=O)c2oc3ccccc3c2CSc2nnc(C)s2)cc1. The molecule has 0 radical (unpaired) electrons. The fourth-order valence-corrected chi connectivity index (χ4v) is 5.16. The number of hydrogen-bond acceptors (Lipinski definition) is 7. The minimum atomic E-state index is -0.268. The normalized spacial score (nSPS) is 11.0. The molecule has 0 saturated heterocycles. The molecule has 7 nitrogen and oxygen atoms in total. The van der Waals surface area contributed by atoms with Crippen LogP contribution in [0.5, 0.6) is 0 Å². The van der Waals surface area contributed by atoms with Gasteiger partial charge in [0.05, 0.1) is 0 Å². The van der Waals surface area contributed by atoms with E-state index in [-0.39, 0.29) is 11.8 Å². The molecule has 33 heavy (non-hydrogen) atoms. The van der Waals surface area contributed by atoms with Crippen LogP contribution in [0.2, 0.25) is 0 Å². The van der Waals surface area contributed by atoms with Crippen molar-refractivity contribution in [2.24, 2.45) is 0 Å².